The Bertz CT molecular complexity index is 3020. The van der Waals surface area contributed by atoms with Crippen molar-refractivity contribution in [3.63, 3.8) is 0 Å². The summed E-state index contributed by atoms with van der Waals surface area (Å²) < 4.78 is 126. The van der Waals surface area contributed by atoms with E-state index in [1.54, 1.807) is 30.3 Å². The van der Waals surface area contributed by atoms with E-state index in [1.807, 2.05) is 97.9 Å². The number of nitrogens with one attached hydrogen (secondary N) is 1. The molecule has 0 bridgehead atoms. The number of fused-ring (bicyclic) bond motifs is 1. The molecule has 8 rings (SSSR count). The summed E-state index contributed by atoms with van der Waals surface area (Å²) in [6.07, 6.45) is -15.0. The number of sulfonamides is 1. The lowest BCUT2D eigenvalue weighted by molar-refractivity contribution is -0.360. The minimum atomic E-state index is -4.27. The minimum Gasteiger partial charge on any atom is -0.424 e. The van der Waals surface area contributed by atoms with Crippen molar-refractivity contribution in [2.24, 2.45) is 0 Å². The average molecular weight is 1500 g/mol. The summed E-state index contributed by atoms with van der Waals surface area (Å²) in [4.78, 5) is 14.0. The molecule has 4 saturated heterocycles. The van der Waals surface area contributed by atoms with Crippen LogP contribution in [-0.2, 0) is 90.5 Å². The lowest BCUT2D eigenvalue weighted by Gasteiger charge is -2.53. The topological polar surface area (TPSA) is 183 Å². The Labute approximate surface area is 585 Å². The standard InChI is InChI=1S/C73H112INO16SSi3/c1-45(2)93(46(3)4,47(5)6)82-43-59-63(87-71-68(81-42-57-36-28-22-29-37-57)66(80-41-56-34-26-21-27-35-56)62(54(19)84-71)79-40-55-32-24-20-25-33-55)65(61(74)70(85-59)75-92(77,78)58-38-30-23-31-39-58)88-72-69(91-95(51(13)14,52(15)16)53(17)18)67-64(89-73(76)90-67)60(86-72)44-83-94(48(7)8,49(9)10)50(11)12/h20-39,45-54,59-72,75H,40-44H2,1-19H3/t54-,59+,60+,61-,62+,63+,64-,65+,66+,67-,68-,69+,70-,71-,72?/m0/s1. The first-order valence-electron chi connectivity index (χ1n) is 34.8. The van der Waals surface area contributed by atoms with E-state index in [-0.39, 0.29) is 87.8 Å². The van der Waals surface area contributed by atoms with Gasteiger partial charge in [-0.3, -0.25) is 0 Å². The molecule has 17 nitrogen and oxygen atoms in total. The van der Waals surface area contributed by atoms with Gasteiger partial charge < -0.3 is 60.6 Å². The summed E-state index contributed by atoms with van der Waals surface area (Å²) >= 11 is 2.24. The van der Waals surface area contributed by atoms with Gasteiger partial charge in [0.25, 0.3) is 0 Å². The van der Waals surface area contributed by atoms with Gasteiger partial charge in [0.2, 0.25) is 18.3 Å². The zero-order valence-electron chi connectivity index (χ0n) is 59.8. The average Bonchev–Trinajstić information content (AvgIpc) is 1.74. The molecule has 4 aliphatic heterocycles. The molecule has 4 aromatic carbocycles. The van der Waals surface area contributed by atoms with Gasteiger partial charge in [0.05, 0.1) is 48.0 Å². The van der Waals surface area contributed by atoms with Crippen molar-refractivity contribution in [2.75, 3.05) is 13.2 Å². The monoisotopic (exact) mass is 1500 g/mol. The molecule has 1 unspecified atom stereocenters. The van der Waals surface area contributed by atoms with Crippen molar-refractivity contribution in [1.82, 2.24) is 4.72 Å². The van der Waals surface area contributed by atoms with E-state index in [2.05, 4.69) is 152 Å². The largest absolute Gasteiger partial charge is 0.509 e. The molecule has 4 aromatic rings. The van der Waals surface area contributed by atoms with Gasteiger partial charge in [0.15, 0.2) is 41.4 Å². The van der Waals surface area contributed by atoms with Crippen LogP contribution < -0.4 is 4.72 Å². The van der Waals surface area contributed by atoms with Crippen LogP contribution in [0.1, 0.15) is 148 Å². The van der Waals surface area contributed by atoms with Gasteiger partial charge in [-0.05, 0) is 85.6 Å². The highest BCUT2D eigenvalue weighted by Crippen LogP contribution is 2.50. The molecule has 95 heavy (non-hydrogen) atoms. The fourth-order valence-electron chi connectivity index (χ4n) is 16.4. The van der Waals surface area contributed by atoms with Crippen molar-refractivity contribution in [3.8, 4) is 0 Å². The number of carbonyl (C=O) groups excluding carboxylic acids is 1. The third kappa shape index (κ3) is 17.7. The van der Waals surface area contributed by atoms with Crippen LogP contribution in [0.15, 0.2) is 126 Å². The number of halogens is 1. The number of hydrogen-bond donors (Lipinski definition) is 1. The summed E-state index contributed by atoms with van der Waals surface area (Å²) in [6.45, 7) is 42.6. The van der Waals surface area contributed by atoms with Crippen molar-refractivity contribution >= 4 is 63.7 Å². The summed E-state index contributed by atoms with van der Waals surface area (Å²) in [5, 5.41) is 0. The van der Waals surface area contributed by atoms with Gasteiger partial charge in [-0.1, -0.05) is 256 Å². The van der Waals surface area contributed by atoms with Gasteiger partial charge >= 0.3 is 6.16 Å². The molecule has 0 aliphatic carbocycles. The second-order valence-corrected chi connectivity index (χ2v) is 48.8. The fourth-order valence-corrected chi connectivity index (χ4v) is 35.2. The molecule has 15 atom stereocenters. The number of alkyl halides is 1. The number of benzene rings is 4. The molecule has 4 heterocycles. The van der Waals surface area contributed by atoms with Crippen LogP contribution in [-0.4, -0.2) is 143 Å². The zero-order valence-corrected chi connectivity index (χ0v) is 65.7. The molecule has 0 amide bonds. The van der Waals surface area contributed by atoms with Crippen LogP contribution in [0.25, 0.3) is 0 Å². The predicted octanol–water partition coefficient (Wildman–Crippen LogP) is 16.3. The van der Waals surface area contributed by atoms with E-state index in [0.717, 1.165) is 16.7 Å². The van der Waals surface area contributed by atoms with Crippen LogP contribution in [0.2, 0.25) is 49.9 Å². The number of carbonyl (C=O) groups is 1. The first-order valence-corrected chi connectivity index (χ1v) is 43.9. The van der Waals surface area contributed by atoms with Gasteiger partial charge in [0, 0.05) is 0 Å². The minimum absolute atomic E-state index is 0.0266. The highest BCUT2D eigenvalue weighted by molar-refractivity contribution is 14.1. The van der Waals surface area contributed by atoms with E-state index < -0.39 is 131 Å². The summed E-state index contributed by atoms with van der Waals surface area (Å²) in [6, 6.07) is 38.2. The Balaban J connectivity index is 1.33. The molecular formula is C73H112INO16SSi3. The smallest absolute Gasteiger partial charge is 0.424 e. The lowest BCUT2D eigenvalue weighted by atomic mass is 9.96. The SMILES string of the molecule is CC(C)[Si](OC[C@H]1OC(O[C@@H]2[C@H](I)[C@@H](NS(=O)(=O)c3ccccc3)O[C@H](CO[Si](C(C)C)(C(C)C)C(C)C)[C@H]2O[C@@H]2O[C@@H](C)[C@@H](OCc3ccccc3)[C@@H](OCc3ccccc3)[C@@H]2OCc2ccccc2)[C@H](O[Si](C(C)C)(C(C)C)C(C)C)[C@H]2OC(=O)O[C@H]21)(C(C)C)C(C)C. The molecule has 1 N–H and O–H groups in total. The normalized spacial score (nSPS) is 28.0. The molecule has 0 aromatic heterocycles. The third-order valence-electron chi connectivity index (χ3n) is 20.6. The van der Waals surface area contributed by atoms with Crippen LogP contribution in [0, 0.1) is 0 Å². The molecule has 4 fully saturated rings. The number of ether oxygens (including phenoxy) is 10. The van der Waals surface area contributed by atoms with Crippen molar-refractivity contribution in [2.45, 2.75) is 296 Å². The summed E-state index contributed by atoms with van der Waals surface area (Å²) in [5.41, 5.74) is 4.20. The highest BCUT2D eigenvalue weighted by atomic mass is 127. The molecule has 0 spiro atoms. The van der Waals surface area contributed by atoms with E-state index in [4.69, 9.17) is 60.6 Å². The van der Waals surface area contributed by atoms with Gasteiger partial charge in [0.1, 0.15) is 55.1 Å². The first kappa shape index (κ1) is 77.7. The predicted molar refractivity (Wildman–Crippen MR) is 386 cm³/mol. The maximum Gasteiger partial charge on any atom is 0.509 e. The Kier molecular flexibility index (Phi) is 27.9. The molecular weight excluding hydrogens is 1390 g/mol. The van der Waals surface area contributed by atoms with E-state index in [9.17, 15) is 13.2 Å². The van der Waals surface area contributed by atoms with E-state index in [1.165, 1.54) is 0 Å². The van der Waals surface area contributed by atoms with Crippen molar-refractivity contribution < 1.29 is 73.9 Å². The maximum absolute atomic E-state index is 14.9. The Morgan fingerprint density at radius 2 is 0.821 bits per heavy atom. The summed E-state index contributed by atoms with van der Waals surface area (Å²) in [5.74, 6) is 0. The van der Waals surface area contributed by atoms with Crippen molar-refractivity contribution in [1.29, 1.82) is 0 Å². The Morgan fingerprint density at radius 3 is 1.26 bits per heavy atom. The summed E-state index contributed by atoms with van der Waals surface area (Å²) in [7, 11) is -12.5. The van der Waals surface area contributed by atoms with Crippen LogP contribution in [0.3, 0.4) is 0 Å². The maximum atomic E-state index is 14.9. The van der Waals surface area contributed by atoms with E-state index >= 15 is 0 Å². The quantitative estimate of drug-likeness (QED) is 0.0205. The molecule has 0 radical (unpaired) electrons. The second kappa shape index (κ2) is 34.1. The molecule has 22 heteroatoms. The number of hydrogen-bond acceptors (Lipinski definition) is 16. The Morgan fingerprint density at radius 1 is 0.442 bits per heavy atom. The van der Waals surface area contributed by atoms with Crippen molar-refractivity contribution in [3.05, 3.63) is 138 Å². The fraction of sp³-hybridized carbons (Fsp3) is 0.658. The van der Waals surface area contributed by atoms with E-state index in [0.29, 0.717) is 0 Å². The lowest BCUT2D eigenvalue weighted by Crippen LogP contribution is -2.69. The molecule has 530 valence electrons. The molecule has 4 aliphatic rings. The van der Waals surface area contributed by atoms with Gasteiger partial charge in [-0.25, -0.2) is 13.2 Å². The highest BCUT2D eigenvalue weighted by Gasteiger charge is 2.63. The zero-order chi connectivity index (χ0) is 69.3. The first-order chi connectivity index (χ1) is 45.0. The van der Waals surface area contributed by atoms with Gasteiger partial charge in [-0.15, -0.1) is 0 Å². The third-order valence-corrected chi connectivity index (χ3v) is 41.7. The number of rotatable bonds is 33. The Hall–Kier alpha value is -3.00. The van der Waals surface area contributed by atoms with Gasteiger partial charge in [-0.2, -0.15) is 4.72 Å². The second-order valence-electron chi connectivity index (χ2n) is 29.3. The van der Waals surface area contributed by atoms with Crippen LogP contribution >= 0.6 is 22.6 Å². The van der Waals surface area contributed by atoms with Crippen LogP contribution in [0.4, 0.5) is 4.79 Å². The van der Waals surface area contributed by atoms with Crippen LogP contribution in [0.5, 0.6) is 0 Å². The molecule has 0 saturated carbocycles.